The second kappa shape index (κ2) is 5.30. The average molecular weight is 223 g/mol. The lowest BCUT2D eigenvalue weighted by Gasteiger charge is -2.09. The van der Waals surface area contributed by atoms with Crippen LogP contribution in [0.3, 0.4) is 0 Å². The summed E-state index contributed by atoms with van der Waals surface area (Å²) in [5.41, 5.74) is 1.01. The van der Waals surface area contributed by atoms with Crippen molar-refractivity contribution in [2.75, 3.05) is 13.6 Å². The van der Waals surface area contributed by atoms with E-state index < -0.39 is 0 Å². The summed E-state index contributed by atoms with van der Waals surface area (Å²) < 4.78 is 18.7. The number of benzene rings is 1. The summed E-state index contributed by atoms with van der Waals surface area (Å²) in [6, 6.07) is 4.78. The van der Waals surface area contributed by atoms with E-state index >= 15 is 0 Å². The third-order valence-electron chi connectivity index (χ3n) is 2.97. The van der Waals surface area contributed by atoms with Gasteiger partial charge in [0.2, 0.25) is 0 Å². The number of nitrogens with one attached hydrogen (secondary N) is 1. The first-order valence-electron chi connectivity index (χ1n) is 5.89. The second-order valence-corrected chi connectivity index (χ2v) is 4.30. The molecule has 0 aliphatic carbocycles. The van der Waals surface area contributed by atoms with Crippen LogP contribution in [0.2, 0.25) is 0 Å². The lowest BCUT2D eigenvalue weighted by molar-refractivity contribution is 0.217. The van der Waals surface area contributed by atoms with Gasteiger partial charge in [-0.25, -0.2) is 4.39 Å². The molecule has 0 radical (unpaired) electrons. The molecule has 1 aliphatic rings. The Morgan fingerprint density at radius 1 is 1.44 bits per heavy atom. The van der Waals surface area contributed by atoms with Gasteiger partial charge in [0.15, 0.2) is 0 Å². The van der Waals surface area contributed by atoms with Gasteiger partial charge in [-0.2, -0.15) is 0 Å². The molecular formula is C13H18FNO. The number of rotatable bonds is 5. The molecule has 2 nitrogen and oxygen atoms in total. The van der Waals surface area contributed by atoms with Crippen molar-refractivity contribution in [3.63, 3.8) is 0 Å². The number of hydrogen-bond donors (Lipinski definition) is 1. The number of hydrogen-bond acceptors (Lipinski definition) is 2. The molecule has 1 unspecified atom stereocenters. The van der Waals surface area contributed by atoms with Crippen LogP contribution in [-0.2, 0) is 6.42 Å². The van der Waals surface area contributed by atoms with Crippen molar-refractivity contribution in [1.29, 1.82) is 0 Å². The number of halogens is 1. The maximum Gasteiger partial charge on any atom is 0.123 e. The van der Waals surface area contributed by atoms with E-state index in [-0.39, 0.29) is 11.9 Å². The fourth-order valence-electron chi connectivity index (χ4n) is 2.12. The molecule has 1 aromatic rings. The highest BCUT2D eigenvalue weighted by molar-refractivity contribution is 5.37. The van der Waals surface area contributed by atoms with Crippen LogP contribution in [0.25, 0.3) is 0 Å². The van der Waals surface area contributed by atoms with Gasteiger partial charge in [0, 0.05) is 12.0 Å². The first-order valence-corrected chi connectivity index (χ1v) is 5.89. The molecule has 0 saturated carbocycles. The molecule has 16 heavy (non-hydrogen) atoms. The molecular weight excluding hydrogens is 205 g/mol. The zero-order valence-corrected chi connectivity index (χ0v) is 9.63. The molecule has 0 bridgehead atoms. The molecule has 0 spiro atoms. The van der Waals surface area contributed by atoms with Gasteiger partial charge in [-0.05, 0) is 51.1 Å². The van der Waals surface area contributed by atoms with Crippen LogP contribution in [0.15, 0.2) is 18.2 Å². The van der Waals surface area contributed by atoms with Gasteiger partial charge in [-0.3, -0.25) is 0 Å². The number of ether oxygens (including phenoxy) is 1. The molecule has 0 aromatic heterocycles. The predicted molar refractivity (Wildman–Crippen MR) is 62.3 cm³/mol. The van der Waals surface area contributed by atoms with Crippen molar-refractivity contribution in [2.45, 2.75) is 31.8 Å². The van der Waals surface area contributed by atoms with Crippen LogP contribution in [0.5, 0.6) is 5.75 Å². The van der Waals surface area contributed by atoms with E-state index in [2.05, 4.69) is 5.32 Å². The first kappa shape index (κ1) is 11.4. The summed E-state index contributed by atoms with van der Waals surface area (Å²) in [6.45, 7) is 1.05. The van der Waals surface area contributed by atoms with E-state index in [1.807, 2.05) is 7.05 Å². The highest BCUT2D eigenvalue weighted by Gasteiger charge is 2.22. The quantitative estimate of drug-likeness (QED) is 0.774. The van der Waals surface area contributed by atoms with Gasteiger partial charge in [0.25, 0.3) is 0 Å². The Balaban J connectivity index is 1.81. The molecule has 1 heterocycles. The Bertz CT molecular complexity index is 354. The second-order valence-electron chi connectivity index (χ2n) is 4.30. The maximum atomic E-state index is 13.0. The van der Waals surface area contributed by atoms with Crippen molar-refractivity contribution >= 4 is 0 Å². The molecule has 88 valence electrons. The van der Waals surface area contributed by atoms with Gasteiger partial charge in [0.1, 0.15) is 17.7 Å². The zero-order valence-electron chi connectivity index (χ0n) is 9.63. The Morgan fingerprint density at radius 2 is 2.31 bits per heavy atom. The first-order chi connectivity index (χ1) is 7.79. The molecule has 0 amide bonds. The van der Waals surface area contributed by atoms with Gasteiger partial charge < -0.3 is 10.1 Å². The monoisotopic (exact) mass is 223 g/mol. The highest BCUT2D eigenvalue weighted by atomic mass is 19.1. The van der Waals surface area contributed by atoms with E-state index in [1.165, 1.54) is 12.5 Å². The molecule has 3 heteroatoms. The van der Waals surface area contributed by atoms with Crippen LogP contribution in [0.1, 0.15) is 24.8 Å². The third kappa shape index (κ3) is 2.73. The van der Waals surface area contributed by atoms with Crippen molar-refractivity contribution < 1.29 is 9.13 Å². The van der Waals surface area contributed by atoms with Crippen LogP contribution in [-0.4, -0.2) is 19.7 Å². The summed E-state index contributed by atoms with van der Waals surface area (Å²) in [5, 5.41) is 3.13. The van der Waals surface area contributed by atoms with E-state index in [1.54, 1.807) is 12.1 Å². The summed E-state index contributed by atoms with van der Waals surface area (Å²) in [5.74, 6) is 0.693. The minimum Gasteiger partial charge on any atom is -0.490 e. The lowest BCUT2D eigenvalue weighted by Crippen LogP contribution is -2.14. The Morgan fingerprint density at radius 3 is 3.12 bits per heavy atom. The van der Waals surface area contributed by atoms with Crippen LogP contribution >= 0.6 is 0 Å². The van der Waals surface area contributed by atoms with E-state index in [9.17, 15) is 4.39 Å². The SMILES string of the molecule is CNCCCCC1Cc2cc(F)ccc2O1. The summed E-state index contributed by atoms with van der Waals surface area (Å²) >= 11 is 0. The molecule has 1 N–H and O–H groups in total. The fraction of sp³-hybridized carbons (Fsp3) is 0.538. The lowest BCUT2D eigenvalue weighted by atomic mass is 10.1. The van der Waals surface area contributed by atoms with Crippen molar-refractivity contribution in [2.24, 2.45) is 0 Å². The average Bonchev–Trinajstić information content (AvgIpc) is 2.66. The molecule has 1 aliphatic heterocycles. The Hall–Kier alpha value is -1.09. The molecule has 2 rings (SSSR count). The van der Waals surface area contributed by atoms with Crippen molar-refractivity contribution in [3.05, 3.63) is 29.6 Å². The Kier molecular flexibility index (Phi) is 3.78. The molecule has 0 fully saturated rings. The largest absolute Gasteiger partial charge is 0.490 e. The molecule has 0 saturated heterocycles. The normalized spacial score (nSPS) is 18.2. The minimum absolute atomic E-state index is 0.168. The minimum atomic E-state index is -0.168. The Labute approximate surface area is 95.8 Å². The van der Waals surface area contributed by atoms with Crippen LogP contribution in [0.4, 0.5) is 4.39 Å². The third-order valence-corrected chi connectivity index (χ3v) is 2.97. The molecule has 1 atom stereocenters. The summed E-state index contributed by atoms with van der Waals surface area (Å²) in [7, 11) is 1.96. The van der Waals surface area contributed by atoms with Crippen LogP contribution in [0, 0.1) is 5.82 Å². The van der Waals surface area contributed by atoms with Gasteiger partial charge >= 0.3 is 0 Å². The molecule has 1 aromatic carbocycles. The summed E-state index contributed by atoms with van der Waals surface area (Å²) in [6.07, 6.45) is 4.47. The smallest absolute Gasteiger partial charge is 0.123 e. The van der Waals surface area contributed by atoms with Crippen molar-refractivity contribution in [1.82, 2.24) is 5.32 Å². The predicted octanol–water partition coefficient (Wildman–Crippen LogP) is 2.52. The standard InChI is InChI=1S/C13H18FNO/c1-15-7-3-2-4-12-9-10-8-11(14)5-6-13(10)16-12/h5-6,8,12,15H,2-4,7,9H2,1H3. The summed E-state index contributed by atoms with van der Waals surface area (Å²) in [4.78, 5) is 0. The van der Waals surface area contributed by atoms with Crippen LogP contribution < -0.4 is 10.1 Å². The van der Waals surface area contributed by atoms with E-state index in [4.69, 9.17) is 4.74 Å². The number of unbranched alkanes of at least 4 members (excludes halogenated alkanes) is 1. The number of fused-ring (bicyclic) bond motifs is 1. The fourth-order valence-corrected chi connectivity index (χ4v) is 2.12. The van der Waals surface area contributed by atoms with Gasteiger partial charge in [0.05, 0.1) is 0 Å². The zero-order chi connectivity index (χ0) is 11.4. The van der Waals surface area contributed by atoms with E-state index in [0.717, 1.165) is 37.1 Å². The maximum absolute atomic E-state index is 13.0. The van der Waals surface area contributed by atoms with E-state index in [0.29, 0.717) is 0 Å². The topological polar surface area (TPSA) is 21.3 Å². The van der Waals surface area contributed by atoms with Gasteiger partial charge in [-0.15, -0.1) is 0 Å². The highest BCUT2D eigenvalue weighted by Crippen LogP contribution is 2.30. The van der Waals surface area contributed by atoms with Crippen molar-refractivity contribution in [3.8, 4) is 5.75 Å². The van der Waals surface area contributed by atoms with Gasteiger partial charge in [-0.1, -0.05) is 0 Å².